The number of hydrogen-bond donors (Lipinski definition) is 2. The van der Waals surface area contributed by atoms with Gasteiger partial charge in [-0.1, -0.05) is 47.5 Å². The summed E-state index contributed by atoms with van der Waals surface area (Å²) in [4.78, 5) is 25.3. The number of thiophene rings is 1. The van der Waals surface area contributed by atoms with E-state index in [-0.39, 0.29) is 30.0 Å². The summed E-state index contributed by atoms with van der Waals surface area (Å²) < 4.78 is 5.54. The fourth-order valence-electron chi connectivity index (χ4n) is 3.27. The number of carboxylic acids is 1. The Kier molecular flexibility index (Phi) is 8.32. The van der Waals surface area contributed by atoms with Gasteiger partial charge >= 0.3 is 5.97 Å². The average Bonchev–Trinajstić information content (AvgIpc) is 3.26. The van der Waals surface area contributed by atoms with E-state index in [9.17, 15) is 14.7 Å². The van der Waals surface area contributed by atoms with Crippen molar-refractivity contribution in [2.75, 3.05) is 0 Å². The van der Waals surface area contributed by atoms with E-state index in [0.717, 1.165) is 21.6 Å². The monoisotopic (exact) mass is 491 g/mol. The highest BCUT2D eigenvalue weighted by atomic mass is 35.5. The van der Waals surface area contributed by atoms with Gasteiger partial charge in [0.2, 0.25) is 0 Å². The maximum atomic E-state index is 12.7. The van der Waals surface area contributed by atoms with E-state index in [1.807, 2.05) is 35.7 Å². The number of carbonyl (C=O) groups is 2. The molecule has 168 valence electrons. The number of nitrogens with one attached hydrogen (secondary N) is 1. The molecule has 1 amide bonds. The number of carboxylic acid groups (broad SMARTS) is 1. The Balaban J connectivity index is 1.85. The predicted octanol–water partition coefficient (Wildman–Crippen LogP) is 6.07. The highest BCUT2D eigenvalue weighted by molar-refractivity contribution is 7.13. The lowest BCUT2D eigenvalue weighted by Gasteiger charge is -2.18. The quantitative estimate of drug-likeness (QED) is 0.380. The lowest BCUT2D eigenvalue weighted by Crippen LogP contribution is -2.29. The molecule has 0 fully saturated rings. The Hall–Kier alpha value is -2.38. The summed E-state index contributed by atoms with van der Waals surface area (Å²) in [5, 5.41) is 15.1. The van der Waals surface area contributed by atoms with Gasteiger partial charge in [-0.05, 0) is 60.2 Å². The molecule has 3 aromatic rings. The van der Waals surface area contributed by atoms with E-state index < -0.39 is 12.1 Å². The molecule has 2 aromatic carbocycles. The molecule has 0 spiro atoms. The summed E-state index contributed by atoms with van der Waals surface area (Å²) >= 11 is 13.7. The van der Waals surface area contributed by atoms with E-state index >= 15 is 0 Å². The molecule has 1 aromatic heterocycles. The maximum absolute atomic E-state index is 12.7. The molecular weight excluding hydrogens is 469 g/mol. The van der Waals surface area contributed by atoms with Crippen LogP contribution >= 0.6 is 34.5 Å². The van der Waals surface area contributed by atoms with Crippen molar-refractivity contribution in [1.29, 1.82) is 0 Å². The van der Waals surface area contributed by atoms with Crippen LogP contribution in [0.2, 0.25) is 10.0 Å². The average molecular weight is 492 g/mol. The number of aliphatic carboxylic acids is 1. The second-order valence-corrected chi connectivity index (χ2v) is 9.28. The summed E-state index contributed by atoms with van der Waals surface area (Å²) in [6.45, 7) is 3.86. The molecule has 32 heavy (non-hydrogen) atoms. The van der Waals surface area contributed by atoms with Crippen molar-refractivity contribution in [3.63, 3.8) is 0 Å². The molecule has 0 radical (unpaired) electrons. The predicted molar refractivity (Wildman–Crippen MR) is 129 cm³/mol. The number of benzene rings is 2. The van der Waals surface area contributed by atoms with Gasteiger partial charge in [0.1, 0.15) is 0 Å². The number of amides is 1. The molecule has 5 nitrogen and oxygen atoms in total. The number of hydrogen-bond acceptors (Lipinski definition) is 4. The Bertz CT molecular complexity index is 1100. The van der Waals surface area contributed by atoms with Crippen molar-refractivity contribution in [2.45, 2.75) is 39.0 Å². The maximum Gasteiger partial charge on any atom is 0.333 e. The molecular formula is C24H23Cl2NO4S. The summed E-state index contributed by atoms with van der Waals surface area (Å²) in [6, 6.07) is 14.4. The number of rotatable bonds is 9. The molecule has 0 aliphatic carbocycles. The van der Waals surface area contributed by atoms with Gasteiger partial charge in [-0.15, -0.1) is 11.3 Å². The van der Waals surface area contributed by atoms with Gasteiger partial charge in [0.05, 0.1) is 16.7 Å². The topological polar surface area (TPSA) is 75.6 Å². The Labute approximate surface area is 200 Å². The lowest BCUT2D eigenvalue weighted by atomic mass is 9.99. The zero-order valence-electron chi connectivity index (χ0n) is 17.6. The van der Waals surface area contributed by atoms with Crippen LogP contribution in [-0.4, -0.2) is 29.2 Å². The van der Waals surface area contributed by atoms with E-state index in [1.54, 1.807) is 37.3 Å². The van der Waals surface area contributed by atoms with E-state index in [4.69, 9.17) is 27.9 Å². The Morgan fingerprint density at radius 2 is 1.91 bits per heavy atom. The molecule has 3 rings (SSSR count). The smallest absolute Gasteiger partial charge is 0.333 e. The van der Waals surface area contributed by atoms with Crippen molar-refractivity contribution in [3.8, 4) is 10.4 Å². The second-order valence-electron chi connectivity index (χ2n) is 7.49. The first-order chi connectivity index (χ1) is 15.2. The van der Waals surface area contributed by atoms with Crippen molar-refractivity contribution < 1.29 is 19.4 Å². The minimum absolute atomic E-state index is 0.204. The molecule has 2 N–H and O–H groups in total. The van der Waals surface area contributed by atoms with Gasteiger partial charge in [-0.25, -0.2) is 4.79 Å². The van der Waals surface area contributed by atoms with Crippen molar-refractivity contribution in [1.82, 2.24) is 5.32 Å². The fraction of sp³-hybridized carbons (Fsp3) is 0.250. The first kappa shape index (κ1) is 24.3. The van der Waals surface area contributed by atoms with Crippen LogP contribution in [0.1, 0.15) is 35.3 Å². The summed E-state index contributed by atoms with van der Waals surface area (Å²) in [5.74, 6) is -1.32. The molecule has 0 saturated carbocycles. The number of carbonyl (C=O) groups excluding carboxylic acids is 1. The minimum Gasteiger partial charge on any atom is -0.479 e. The summed E-state index contributed by atoms with van der Waals surface area (Å²) in [5.41, 5.74) is 2.99. The molecule has 1 atom stereocenters. The van der Waals surface area contributed by atoms with Crippen LogP contribution in [0.15, 0.2) is 53.9 Å². The molecule has 1 unspecified atom stereocenters. The van der Waals surface area contributed by atoms with E-state index in [2.05, 4.69) is 5.32 Å². The molecule has 0 bridgehead atoms. The highest BCUT2D eigenvalue weighted by Gasteiger charge is 2.21. The lowest BCUT2D eigenvalue weighted by molar-refractivity contribution is -0.153. The molecule has 0 aliphatic rings. The van der Waals surface area contributed by atoms with E-state index in [1.165, 1.54) is 6.07 Å². The van der Waals surface area contributed by atoms with Crippen LogP contribution in [0.4, 0.5) is 0 Å². The van der Waals surface area contributed by atoms with Crippen LogP contribution in [0.25, 0.3) is 10.4 Å². The first-order valence-electron chi connectivity index (χ1n) is 10.0. The molecule has 8 heteroatoms. The van der Waals surface area contributed by atoms with Gasteiger partial charge in [-0.2, -0.15) is 0 Å². The molecule has 0 saturated heterocycles. The zero-order chi connectivity index (χ0) is 23.3. The SMILES string of the molecule is CC(C)OC(Cc1ccc(-c2cccs2)c(CNC(=O)c2ccc(Cl)cc2Cl)c1)C(=O)O. The van der Waals surface area contributed by atoms with Crippen LogP contribution < -0.4 is 5.32 Å². The standard InChI is InChI=1S/C24H23Cl2NO4S/c1-14(2)31-21(24(29)30)11-15-5-7-18(22-4-3-9-32-22)16(10-15)13-27-23(28)19-8-6-17(25)12-20(19)26/h3-10,12,14,21H,11,13H2,1-2H3,(H,27,28)(H,29,30). The largest absolute Gasteiger partial charge is 0.479 e. The third-order valence-electron chi connectivity index (χ3n) is 4.70. The van der Waals surface area contributed by atoms with Crippen molar-refractivity contribution in [2.24, 2.45) is 0 Å². The fourth-order valence-corrected chi connectivity index (χ4v) is 4.55. The zero-order valence-corrected chi connectivity index (χ0v) is 19.9. The van der Waals surface area contributed by atoms with Crippen LogP contribution in [0.5, 0.6) is 0 Å². The minimum atomic E-state index is -1.01. The van der Waals surface area contributed by atoms with Gasteiger partial charge in [-0.3, -0.25) is 4.79 Å². The molecule has 0 aliphatic heterocycles. The van der Waals surface area contributed by atoms with Gasteiger partial charge in [0.15, 0.2) is 6.10 Å². The third kappa shape index (κ3) is 6.33. The van der Waals surface area contributed by atoms with Gasteiger partial charge in [0.25, 0.3) is 5.91 Å². The van der Waals surface area contributed by atoms with E-state index in [0.29, 0.717) is 10.6 Å². The summed E-state index contributed by atoms with van der Waals surface area (Å²) in [7, 11) is 0. The normalized spacial score (nSPS) is 12.0. The van der Waals surface area contributed by atoms with Crippen LogP contribution in [-0.2, 0) is 22.5 Å². The first-order valence-corrected chi connectivity index (χ1v) is 11.7. The van der Waals surface area contributed by atoms with Crippen LogP contribution in [0, 0.1) is 0 Å². The molecule has 1 heterocycles. The Morgan fingerprint density at radius 3 is 2.53 bits per heavy atom. The van der Waals surface area contributed by atoms with Crippen LogP contribution in [0.3, 0.4) is 0 Å². The van der Waals surface area contributed by atoms with Crippen molar-refractivity contribution >= 4 is 46.4 Å². The van der Waals surface area contributed by atoms with Crippen molar-refractivity contribution in [3.05, 3.63) is 80.6 Å². The third-order valence-corrected chi connectivity index (χ3v) is 6.16. The van der Waals surface area contributed by atoms with Gasteiger partial charge in [0, 0.05) is 22.9 Å². The number of ether oxygens (including phenoxy) is 1. The van der Waals surface area contributed by atoms with Gasteiger partial charge < -0.3 is 15.2 Å². The second kappa shape index (κ2) is 11.0. The highest BCUT2D eigenvalue weighted by Crippen LogP contribution is 2.30. The number of halogens is 2. The Morgan fingerprint density at radius 1 is 1.12 bits per heavy atom. The summed E-state index contributed by atoms with van der Waals surface area (Å²) in [6.07, 6.45) is -0.926.